The molecule has 1 fully saturated rings. The molecule has 156 valence electrons. The fourth-order valence-corrected chi connectivity index (χ4v) is 4.08. The van der Waals surface area contributed by atoms with Gasteiger partial charge < -0.3 is 4.90 Å². The summed E-state index contributed by atoms with van der Waals surface area (Å²) in [5.41, 5.74) is 3.88. The zero-order valence-electron chi connectivity index (χ0n) is 17.9. The van der Waals surface area contributed by atoms with Gasteiger partial charge in [-0.15, -0.1) is 0 Å². The Hall–Kier alpha value is -2.34. The lowest BCUT2D eigenvalue weighted by molar-refractivity contribution is -0.130. The van der Waals surface area contributed by atoms with Crippen LogP contribution in [0, 0.1) is 19.7 Å². The van der Waals surface area contributed by atoms with E-state index in [-0.39, 0.29) is 11.7 Å². The molecule has 0 N–H and O–H groups in total. The number of aromatic nitrogens is 2. The molecule has 1 aromatic carbocycles. The van der Waals surface area contributed by atoms with Crippen molar-refractivity contribution in [3.63, 3.8) is 0 Å². The molecule has 2 aromatic rings. The Morgan fingerprint density at radius 1 is 1.14 bits per heavy atom. The molecular weight excluding hydrogens is 367 g/mol. The summed E-state index contributed by atoms with van der Waals surface area (Å²) < 4.78 is 13.1. The maximum absolute atomic E-state index is 13.1. The molecule has 6 heteroatoms. The summed E-state index contributed by atoms with van der Waals surface area (Å²) in [5, 5.41) is 0. The lowest BCUT2D eigenvalue weighted by Gasteiger charge is -2.20. The van der Waals surface area contributed by atoms with Crippen molar-refractivity contribution in [1.29, 1.82) is 0 Å². The van der Waals surface area contributed by atoms with Crippen LogP contribution in [-0.4, -0.2) is 51.9 Å². The minimum Gasteiger partial charge on any atom is -0.343 e. The second-order valence-corrected chi connectivity index (χ2v) is 7.82. The topological polar surface area (TPSA) is 49.3 Å². The molecule has 1 aliphatic heterocycles. The van der Waals surface area contributed by atoms with E-state index < -0.39 is 0 Å². The first-order valence-corrected chi connectivity index (χ1v) is 10.5. The van der Waals surface area contributed by atoms with Crippen molar-refractivity contribution >= 4 is 5.91 Å². The summed E-state index contributed by atoms with van der Waals surface area (Å²) in [5.74, 6) is 1.09. The Morgan fingerprint density at radius 2 is 1.76 bits per heavy atom. The van der Waals surface area contributed by atoms with Crippen LogP contribution in [0.5, 0.6) is 0 Å². The van der Waals surface area contributed by atoms with Crippen LogP contribution in [0.1, 0.15) is 54.5 Å². The molecule has 0 saturated carbocycles. The average molecular weight is 399 g/mol. The number of carbonyl (C=O) groups is 1. The summed E-state index contributed by atoms with van der Waals surface area (Å²) in [6, 6.07) is 6.71. The Bertz CT molecular complexity index is 825. The number of halogens is 1. The van der Waals surface area contributed by atoms with Crippen molar-refractivity contribution in [3.8, 4) is 0 Å². The van der Waals surface area contributed by atoms with Gasteiger partial charge in [-0.3, -0.25) is 9.69 Å². The largest absolute Gasteiger partial charge is 0.343 e. The number of hydrogen-bond donors (Lipinski definition) is 0. The minimum absolute atomic E-state index is 0.129. The van der Waals surface area contributed by atoms with Gasteiger partial charge in [0.05, 0.1) is 6.42 Å². The summed E-state index contributed by atoms with van der Waals surface area (Å²) in [7, 11) is 0. The van der Waals surface area contributed by atoms with Crippen molar-refractivity contribution in [2.45, 2.75) is 53.0 Å². The fourth-order valence-electron chi connectivity index (χ4n) is 4.08. The highest BCUT2D eigenvalue weighted by Crippen LogP contribution is 2.27. The first-order valence-electron chi connectivity index (χ1n) is 10.5. The lowest BCUT2D eigenvalue weighted by Crippen LogP contribution is -2.32. The summed E-state index contributed by atoms with van der Waals surface area (Å²) in [4.78, 5) is 26.3. The smallest absolute Gasteiger partial charge is 0.227 e. The molecule has 0 spiro atoms. The normalized spacial score (nSPS) is 16.9. The molecule has 0 unspecified atom stereocenters. The summed E-state index contributed by atoms with van der Waals surface area (Å²) >= 11 is 0. The van der Waals surface area contributed by atoms with Crippen LogP contribution in [-0.2, 0) is 17.8 Å². The van der Waals surface area contributed by atoms with Gasteiger partial charge in [-0.1, -0.05) is 12.1 Å². The number of carbonyl (C=O) groups excluding carboxylic acids is 1. The van der Waals surface area contributed by atoms with Gasteiger partial charge in [0.1, 0.15) is 11.6 Å². The quantitative estimate of drug-likeness (QED) is 0.715. The molecule has 1 aliphatic rings. The highest BCUT2D eigenvalue weighted by molar-refractivity contribution is 5.79. The van der Waals surface area contributed by atoms with E-state index in [0.29, 0.717) is 12.3 Å². The predicted octanol–water partition coefficient (Wildman–Crippen LogP) is 3.63. The SMILES string of the molecule is CCN(CC)C(=O)Cc1c(C)nc([C@@H]2CCN(Cc3ccc(F)cc3)C2)nc1C. The van der Waals surface area contributed by atoms with Crippen LogP contribution >= 0.6 is 0 Å². The molecule has 0 radical (unpaired) electrons. The number of nitrogens with zero attached hydrogens (tertiary/aromatic N) is 4. The number of hydrogen-bond acceptors (Lipinski definition) is 4. The number of amides is 1. The predicted molar refractivity (Wildman–Crippen MR) is 112 cm³/mol. The molecular formula is C23H31FN4O. The highest BCUT2D eigenvalue weighted by atomic mass is 19.1. The van der Waals surface area contributed by atoms with Crippen molar-refractivity contribution in [2.24, 2.45) is 0 Å². The van der Waals surface area contributed by atoms with Gasteiger partial charge in [-0.05, 0) is 58.4 Å². The van der Waals surface area contributed by atoms with Crippen LogP contribution in [0.15, 0.2) is 24.3 Å². The number of benzene rings is 1. The number of likely N-dealkylation sites (N-methyl/N-ethyl adjacent to an activating group) is 1. The molecule has 2 heterocycles. The van der Waals surface area contributed by atoms with Crippen LogP contribution in [0.3, 0.4) is 0 Å². The average Bonchev–Trinajstić information content (AvgIpc) is 3.16. The van der Waals surface area contributed by atoms with Gasteiger partial charge in [0.15, 0.2) is 0 Å². The highest BCUT2D eigenvalue weighted by Gasteiger charge is 2.27. The van der Waals surface area contributed by atoms with E-state index >= 15 is 0 Å². The Balaban J connectivity index is 1.67. The van der Waals surface area contributed by atoms with Crippen LogP contribution in [0.2, 0.25) is 0 Å². The number of aryl methyl sites for hydroxylation is 2. The zero-order chi connectivity index (χ0) is 21.0. The van der Waals surface area contributed by atoms with Crippen LogP contribution in [0.4, 0.5) is 4.39 Å². The molecule has 0 aliphatic carbocycles. The van der Waals surface area contributed by atoms with E-state index in [9.17, 15) is 9.18 Å². The van der Waals surface area contributed by atoms with E-state index in [0.717, 1.165) is 67.5 Å². The Labute approximate surface area is 173 Å². The van der Waals surface area contributed by atoms with Crippen LogP contribution in [0.25, 0.3) is 0 Å². The van der Waals surface area contributed by atoms with Gasteiger partial charge in [0, 0.05) is 49.0 Å². The molecule has 1 atom stereocenters. The van der Waals surface area contributed by atoms with E-state index in [4.69, 9.17) is 9.97 Å². The maximum Gasteiger partial charge on any atom is 0.227 e. The summed E-state index contributed by atoms with van der Waals surface area (Å²) in [6.07, 6.45) is 1.37. The molecule has 5 nitrogen and oxygen atoms in total. The lowest BCUT2D eigenvalue weighted by atomic mass is 10.0. The maximum atomic E-state index is 13.1. The molecule has 1 amide bonds. The second kappa shape index (κ2) is 9.44. The molecule has 0 bridgehead atoms. The molecule has 29 heavy (non-hydrogen) atoms. The third-order valence-electron chi connectivity index (χ3n) is 5.84. The Kier molecular flexibility index (Phi) is 6.96. The third kappa shape index (κ3) is 5.18. The first kappa shape index (κ1) is 21.4. The van der Waals surface area contributed by atoms with Crippen molar-refractivity contribution in [1.82, 2.24) is 19.8 Å². The van der Waals surface area contributed by atoms with Gasteiger partial charge in [0.25, 0.3) is 0 Å². The van der Waals surface area contributed by atoms with Gasteiger partial charge in [-0.25, -0.2) is 14.4 Å². The van der Waals surface area contributed by atoms with Crippen molar-refractivity contribution < 1.29 is 9.18 Å². The third-order valence-corrected chi connectivity index (χ3v) is 5.84. The van der Waals surface area contributed by atoms with Gasteiger partial charge in [-0.2, -0.15) is 0 Å². The molecule has 1 aromatic heterocycles. The van der Waals surface area contributed by atoms with E-state index in [1.165, 1.54) is 12.1 Å². The van der Waals surface area contributed by atoms with E-state index in [1.54, 1.807) is 0 Å². The fraction of sp³-hybridized carbons (Fsp3) is 0.522. The van der Waals surface area contributed by atoms with Gasteiger partial charge in [0.2, 0.25) is 5.91 Å². The van der Waals surface area contributed by atoms with Crippen molar-refractivity contribution in [2.75, 3.05) is 26.2 Å². The standard InChI is InChI=1S/C23H31FN4O/c1-5-28(6-2)22(29)13-21-16(3)25-23(26-17(21)4)19-11-12-27(15-19)14-18-7-9-20(24)10-8-18/h7-10,19H,5-6,11-15H2,1-4H3/t19-/m1/s1. The molecule has 1 saturated heterocycles. The zero-order valence-corrected chi connectivity index (χ0v) is 17.9. The summed E-state index contributed by atoms with van der Waals surface area (Å²) in [6.45, 7) is 12.1. The van der Waals surface area contributed by atoms with Crippen molar-refractivity contribution in [3.05, 3.63) is 58.4 Å². The monoisotopic (exact) mass is 398 g/mol. The number of rotatable bonds is 7. The van der Waals surface area contributed by atoms with E-state index in [1.807, 2.05) is 44.7 Å². The van der Waals surface area contributed by atoms with E-state index in [2.05, 4.69) is 4.90 Å². The van der Waals surface area contributed by atoms with Gasteiger partial charge >= 0.3 is 0 Å². The molecule has 3 rings (SSSR count). The minimum atomic E-state index is -0.202. The second-order valence-electron chi connectivity index (χ2n) is 7.82. The first-order chi connectivity index (χ1) is 13.9. The Morgan fingerprint density at radius 3 is 2.34 bits per heavy atom. The number of likely N-dealkylation sites (tertiary alicyclic amines) is 1. The van der Waals surface area contributed by atoms with Crippen LogP contribution < -0.4 is 0 Å².